The van der Waals surface area contributed by atoms with Gasteiger partial charge in [0, 0.05) is 19.6 Å². The van der Waals surface area contributed by atoms with E-state index in [4.69, 9.17) is 10.5 Å². The van der Waals surface area contributed by atoms with Gasteiger partial charge in [0.25, 0.3) is 5.91 Å². The third-order valence-electron chi connectivity index (χ3n) is 3.19. The third-order valence-corrected chi connectivity index (χ3v) is 3.19. The number of carbonyl (C=O) groups excluding carboxylic acids is 1. The molecular weight excluding hydrogens is 247 g/mol. The van der Waals surface area contributed by atoms with Crippen molar-refractivity contribution in [3.8, 4) is 5.75 Å². The average Bonchev–Trinajstić information content (AvgIpc) is 2.46. The van der Waals surface area contributed by atoms with Crippen molar-refractivity contribution in [3.63, 3.8) is 0 Å². The van der Waals surface area contributed by atoms with Crippen molar-refractivity contribution < 1.29 is 13.9 Å². The van der Waals surface area contributed by atoms with Gasteiger partial charge in [-0.25, -0.2) is 4.39 Å². The van der Waals surface area contributed by atoms with Gasteiger partial charge in [-0.05, 0) is 37.5 Å². The van der Waals surface area contributed by atoms with Crippen molar-refractivity contribution in [3.05, 3.63) is 29.6 Å². The van der Waals surface area contributed by atoms with Crippen molar-refractivity contribution in [1.82, 2.24) is 4.90 Å². The zero-order valence-electron chi connectivity index (χ0n) is 10.9. The molecule has 0 saturated carbocycles. The maximum absolute atomic E-state index is 13.3. The molecule has 1 fully saturated rings. The molecule has 1 aromatic rings. The molecule has 0 atom stereocenters. The fourth-order valence-corrected chi connectivity index (χ4v) is 2.23. The maximum Gasteiger partial charge on any atom is 0.257 e. The van der Waals surface area contributed by atoms with Crippen molar-refractivity contribution in [1.29, 1.82) is 0 Å². The highest BCUT2D eigenvalue weighted by atomic mass is 19.1. The Bertz CT molecular complexity index is 445. The van der Waals surface area contributed by atoms with E-state index in [0.717, 1.165) is 32.4 Å². The lowest BCUT2D eigenvalue weighted by Crippen LogP contribution is -2.36. The molecule has 1 amide bonds. The molecule has 2 rings (SSSR count). The highest BCUT2D eigenvalue weighted by Crippen LogP contribution is 2.23. The molecule has 5 heteroatoms. The molecule has 104 valence electrons. The Labute approximate surface area is 112 Å². The van der Waals surface area contributed by atoms with Crippen LogP contribution in [0.2, 0.25) is 0 Å². The summed E-state index contributed by atoms with van der Waals surface area (Å²) in [6, 6.07) is 4.02. The summed E-state index contributed by atoms with van der Waals surface area (Å²) in [6.45, 7) is 2.12. The van der Waals surface area contributed by atoms with Gasteiger partial charge < -0.3 is 15.4 Å². The van der Waals surface area contributed by atoms with E-state index in [1.165, 1.54) is 18.2 Å². The van der Waals surface area contributed by atoms with Gasteiger partial charge in [0.2, 0.25) is 0 Å². The summed E-state index contributed by atoms with van der Waals surface area (Å²) in [6.07, 6.45) is 3.14. The maximum atomic E-state index is 13.3. The Kier molecular flexibility index (Phi) is 4.74. The van der Waals surface area contributed by atoms with Crippen LogP contribution in [-0.2, 0) is 0 Å². The van der Waals surface area contributed by atoms with Crippen molar-refractivity contribution in [2.75, 3.05) is 26.2 Å². The fraction of sp³-hybridized carbons (Fsp3) is 0.500. The van der Waals surface area contributed by atoms with Gasteiger partial charge in [-0.1, -0.05) is 0 Å². The Balaban J connectivity index is 2.20. The van der Waals surface area contributed by atoms with Crippen LogP contribution in [0.15, 0.2) is 18.2 Å². The second-order valence-electron chi connectivity index (χ2n) is 4.63. The second kappa shape index (κ2) is 6.52. The standard InChI is InChI=1S/C14H19FN2O2/c15-11-4-5-13(19-9-6-16)12(10-11)14(18)17-7-2-1-3-8-17/h4-5,10H,1-3,6-9,16H2. The number of rotatable bonds is 4. The minimum absolute atomic E-state index is 0.161. The van der Waals surface area contributed by atoms with Gasteiger partial charge >= 0.3 is 0 Å². The molecule has 0 aliphatic carbocycles. The van der Waals surface area contributed by atoms with E-state index in [1.807, 2.05) is 0 Å². The predicted molar refractivity (Wildman–Crippen MR) is 70.7 cm³/mol. The molecule has 1 aromatic carbocycles. The van der Waals surface area contributed by atoms with Gasteiger partial charge in [-0.3, -0.25) is 4.79 Å². The van der Waals surface area contributed by atoms with E-state index in [2.05, 4.69) is 0 Å². The van der Waals surface area contributed by atoms with E-state index in [1.54, 1.807) is 4.90 Å². The quantitative estimate of drug-likeness (QED) is 0.904. The first-order valence-corrected chi connectivity index (χ1v) is 6.64. The van der Waals surface area contributed by atoms with Crippen LogP contribution in [0.1, 0.15) is 29.6 Å². The molecule has 19 heavy (non-hydrogen) atoms. The molecule has 1 heterocycles. The Morgan fingerprint density at radius 2 is 2.05 bits per heavy atom. The van der Waals surface area contributed by atoms with Crippen molar-refractivity contribution in [2.45, 2.75) is 19.3 Å². The number of halogens is 1. The number of hydrogen-bond acceptors (Lipinski definition) is 3. The molecule has 0 bridgehead atoms. The summed E-state index contributed by atoms with van der Waals surface area (Å²) in [5.41, 5.74) is 5.67. The number of amides is 1. The van der Waals surface area contributed by atoms with Gasteiger partial charge in [-0.2, -0.15) is 0 Å². The van der Waals surface area contributed by atoms with E-state index < -0.39 is 5.82 Å². The van der Waals surface area contributed by atoms with Crippen LogP contribution in [0, 0.1) is 5.82 Å². The van der Waals surface area contributed by atoms with Crippen LogP contribution in [0.5, 0.6) is 5.75 Å². The van der Waals surface area contributed by atoms with Gasteiger partial charge in [-0.15, -0.1) is 0 Å². The number of carbonyl (C=O) groups is 1. The van der Waals surface area contributed by atoms with E-state index in [-0.39, 0.29) is 11.5 Å². The average molecular weight is 266 g/mol. The molecular formula is C14H19FN2O2. The van der Waals surface area contributed by atoms with Crippen LogP contribution in [0.4, 0.5) is 4.39 Å². The van der Waals surface area contributed by atoms with Crippen LogP contribution < -0.4 is 10.5 Å². The lowest BCUT2D eigenvalue weighted by molar-refractivity contribution is 0.0719. The minimum Gasteiger partial charge on any atom is -0.491 e. The van der Waals surface area contributed by atoms with Crippen molar-refractivity contribution >= 4 is 5.91 Å². The second-order valence-corrected chi connectivity index (χ2v) is 4.63. The molecule has 0 aromatic heterocycles. The summed E-state index contributed by atoms with van der Waals surface area (Å²) in [7, 11) is 0. The lowest BCUT2D eigenvalue weighted by atomic mass is 10.1. The minimum atomic E-state index is -0.430. The Morgan fingerprint density at radius 1 is 1.32 bits per heavy atom. The van der Waals surface area contributed by atoms with E-state index in [9.17, 15) is 9.18 Å². The summed E-state index contributed by atoms with van der Waals surface area (Å²) in [4.78, 5) is 14.1. The van der Waals surface area contributed by atoms with Crippen molar-refractivity contribution in [2.24, 2.45) is 5.73 Å². The Hall–Kier alpha value is -1.62. The Morgan fingerprint density at radius 3 is 2.74 bits per heavy atom. The van der Waals surface area contributed by atoms with Crippen LogP contribution >= 0.6 is 0 Å². The molecule has 4 nitrogen and oxygen atoms in total. The SMILES string of the molecule is NCCOc1ccc(F)cc1C(=O)N1CCCCC1. The lowest BCUT2D eigenvalue weighted by Gasteiger charge is -2.27. The molecule has 1 aliphatic heterocycles. The fourth-order valence-electron chi connectivity index (χ4n) is 2.23. The molecule has 0 unspecified atom stereocenters. The molecule has 2 N–H and O–H groups in total. The molecule has 1 aliphatic rings. The van der Waals surface area contributed by atoms with Gasteiger partial charge in [0.15, 0.2) is 0 Å². The number of nitrogens with two attached hydrogens (primary N) is 1. The summed E-state index contributed by atoms with van der Waals surface area (Å²) < 4.78 is 18.8. The largest absolute Gasteiger partial charge is 0.491 e. The first-order chi connectivity index (χ1) is 9.22. The number of likely N-dealkylation sites (tertiary alicyclic amines) is 1. The summed E-state index contributed by atoms with van der Waals surface area (Å²) in [5, 5.41) is 0. The number of piperidine rings is 1. The molecule has 0 spiro atoms. The number of hydrogen-bond donors (Lipinski definition) is 1. The number of ether oxygens (including phenoxy) is 1. The number of benzene rings is 1. The zero-order chi connectivity index (χ0) is 13.7. The van der Waals surface area contributed by atoms with E-state index >= 15 is 0 Å². The summed E-state index contributed by atoms with van der Waals surface area (Å²) >= 11 is 0. The van der Waals surface area contributed by atoms with E-state index in [0.29, 0.717) is 18.9 Å². The van der Waals surface area contributed by atoms with Crippen LogP contribution in [0.25, 0.3) is 0 Å². The van der Waals surface area contributed by atoms with Gasteiger partial charge in [0.05, 0.1) is 5.56 Å². The normalized spacial score (nSPS) is 15.4. The monoisotopic (exact) mass is 266 g/mol. The topological polar surface area (TPSA) is 55.6 Å². The van der Waals surface area contributed by atoms with Crippen LogP contribution in [0.3, 0.4) is 0 Å². The number of nitrogens with zero attached hydrogens (tertiary/aromatic N) is 1. The van der Waals surface area contributed by atoms with Gasteiger partial charge in [0.1, 0.15) is 18.2 Å². The smallest absolute Gasteiger partial charge is 0.257 e. The molecule has 1 saturated heterocycles. The first-order valence-electron chi connectivity index (χ1n) is 6.64. The highest BCUT2D eigenvalue weighted by molar-refractivity contribution is 5.97. The molecule has 0 radical (unpaired) electrons. The highest BCUT2D eigenvalue weighted by Gasteiger charge is 2.22. The summed E-state index contributed by atoms with van der Waals surface area (Å²) in [5.74, 6) is -0.186. The zero-order valence-corrected chi connectivity index (χ0v) is 10.9. The predicted octanol–water partition coefficient (Wildman–Crippen LogP) is 1.79. The third kappa shape index (κ3) is 3.44. The first kappa shape index (κ1) is 13.8. The van der Waals surface area contributed by atoms with Crippen LogP contribution in [-0.4, -0.2) is 37.0 Å².